The lowest BCUT2D eigenvalue weighted by Gasteiger charge is -2.16. The van der Waals surface area contributed by atoms with Gasteiger partial charge in [-0.2, -0.15) is 14.6 Å². The lowest BCUT2D eigenvalue weighted by molar-refractivity contribution is -0.118. The van der Waals surface area contributed by atoms with Crippen LogP contribution < -0.4 is 25.9 Å². The molecule has 1 aliphatic heterocycles. The van der Waals surface area contributed by atoms with Crippen LogP contribution in [0.3, 0.4) is 0 Å². The zero-order chi connectivity index (χ0) is 26.4. The summed E-state index contributed by atoms with van der Waals surface area (Å²) < 4.78 is 1.16. The molecule has 0 fully saturated rings. The Balaban J connectivity index is 1.45. The Hall–Kier alpha value is -4.96. The maximum Gasteiger partial charge on any atom is 0.300 e. The molecule has 0 aliphatic carbocycles. The molecule has 3 aromatic carbocycles. The van der Waals surface area contributed by atoms with Crippen LogP contribution >= 0.6 is 11.3 Å². The second-order valence-electron chi connectivity index (χ2n) is 8.76. The van der Waals surface area contributed by atoms with E-state index in [1.54, 1.807) is 54.6 Å². The average Bonchev–Trinajstić information content (AvgIpc) is 3.36. The summed E-state index contributed by atoms with van der Waals surface area (Å²) in [7, 11) is 0. The van der Waals surface area contributed by atoms with E-state index >= 15 is 0 Å². The molecular weight excluding hydrogens is 502 g/mol. The van der Waals surface area contributed by atoms with Crippen molar-refractivity contribution in [2.45, 2.75) is 6.92 Å². The van der Waals surface area contributed by atoms with Crippen LogP contribution in [-0.2, 0) is 9.59 Å². The van der Waals surface area contributed by atoms with Crippen LogP contribution in [0.15, 0.2) is 88.5 Å². The van der Waals surface area contributed by atoms with E-state index in [1.807, 2.05) is 31.2 Å². The molecule has 0 spiro atoms. The molecule has 186 valence electrons. The first-order chi connectivity index (χ1) is 18.4. The number of rotatable bonds is 4. The van der Waals surface area contributed by atoms with Gasteiger partial charge in [-0.3, -0.25) is 24.1 Å². The van der Waals surface area contributed by atoms with Crippen LogP contribution in [0.4, 0.5) is 11.4 Å². The van der Waals surface area contributed by atoms with Crippen molar-refractivity contribution in [2.75, 3.05) is 16.8 Å². The minimum atomic E-state index is -0.568. The van der Waals surface area contributed by atoms with Gasteiger partial charge in [-0.05, 0) is 30.7 Å². The number of para-hydroxylation sites is 1. The number of benzene rings is 3. The molecule has 0 saturated carbocycles. The molecule has 0 atom stereocenters. The lowest BCUT2D eigenvalue weighted by atomic mass is 10.1. The molecule has 6 rings (SSSR count). The van der Waals surface area contributed by atoms with Crippen molar-refractivity contribution in [3.63, 3.8) is 0 Å². The molecule has 0 radical (unpaired) electrons. The number of amides is 2. The van der Waals surface area contributed by atoms with E-state index in [2.05, 4.69) is 15.4 Å². The summed E-state index contributed by atoms with van der Waals surface area (Å²) in [6.45, 7) is 1.68. The number of carbonyl (C=O) groups is 2. The van der Waals surface area contributed by atoms with Crippen LogP contribution in [0.2, 0.25) is 0 Å². The van der Waals surface area contributed by atoms with Gasteiger partial charge in [0.15, 0.2) is 5.69 Å². The van der Waals surface area contributed by atoms with E-state index < -0.39 is 17.0 Å². The van der Waals surface area contributed by atoms with E-state index in [-0.39, 0.29) is 33.2 Å². The molecule has 5 aromatic rings. The fourth-order valence-electron chi connectivity index (χ4n) is 4.46. The van der Waals surface area contributed by atoms with Gasteiger partial charge in [0.2, 0.25) is 10.9 Å². The van der Waals surface area contributed by atoms with E-state index in [0.717, 1.165) is 21.4 Å². The molecule has 0 bridgehead atoms. The van der Waals surface area contributed by atoms with Gasteiger partial charge in [0.1, 0.15) is 11.1 Å². The summed E-state index contributed by atoms with van der Waals surface area (Å²) in [6.07, 6.45) is 0. The van der Waals surface area contributed by atoms with Crippen molar-refractivity contribution in [3.05, 3.63) is 115 Å². The van der Waals surface area contributed by atoms with Crippen LogP contribution in [0.1, 0.15) is 11.1 Å². The number of fused-ring (bicyclic) bond motifs is 2. The van der Waals surface area contributed by atoms with Crippen LogP contribution in [-0.4, -0.2) is 33.0 Å². The summed E-state index contributed by atoms with van der Waals surface area (Å²) in [5.41, 5.74) is 2.27. The first-order valence-electron chi connectivity index (χ1n) is 11.7. The van der Waals surface area contributed by atoms with Crippen molar-refractivity contribution >= 4 is 45.1 Å². The first-order valence-corrected chi connectivity index (χ1v) is 12.5. The Labute approximate surface area is 219 Å². The van der Waals surface area contributed by atoms with E-state index in [9.17, 15) is 19.2 Å². The fourth-order valence-corrected chi connectivity index (χ4v) is 5.46. The molecule has 1 aliphatic rings. The molecule has 10 heteroatoms. The highest BCUT2D eigenvalue weighted by Crippen LogP contribution is 2.35. The zero-order valence-corrected chi connectivity index (χ0v) is 20.9. The Morgan fingerprint density at radius 1 is 0.947 bits per heavy atom. The molecule has 38 heavy (non-hydrogen) atoms. The third-order valence-corrected chi connectivity index (χ3v) is 7.19. The van der Waals surface area contributed by atoms with Gasteiger partial charge >= 0.3 is 5.56 Å². The standard InChI is InChI=1S/C28H19N5O4S/c1-16-8-7-11-18(14-16)29-21(34)15-32-20-13-6-5-12-19(20)22(26(32)36)24-27(37)33-28(38-24)30-25(35)23(31-33)17-9-3-2-4-10-17/h2-14H,15H2,1H3,(H,29,34). The average molecular weight is 522 g/mol. The molecule has 0 unspecified atom stereocenters. The van der Waals surface area contributed by atoms with Crippen molar-refractivity contribution in [1.29, 1.82) is 0 Å². The Morgan fingerprint density at radius 2 is 1.71 bits per heavy atom. The topological polar surface area (TPSA) is 114 Å². The SMILES string of the molecule is Cc1cccc(NC(=O)CN2C(=O)C(=c3sc4nc(=O)c(-c5ccccc5)nn4c3=O)c3ccccc32)c1. The Morgan fingerprint density at radius 3 is 2.50 bits per heavy atom. The number of carbonyl (C=O) groups excluding carboxylic acids is 2. The number of aromatic nitrogens is 3. The van der Waals surface area contributed by atoms with Crippen molar-refractivity contribution in [3.8, 4) is 11.3 Å². The van der Waals surface area contributed by atoms with Gasteiger partial charge in [-0.15, -0.1) is 0 Å². The number of nitrogens with zero attached hydrogens (tertiary/aromatic N) is 4. The third-order valence-electron chi connectivity index (χ3n) is 6.16. The minimum absolute atomic E-state index is 0.0437. The van der Waals surface area contributed by atoms with Crippen LogP contribution in [0.25, 0.3) is 21.8 Å². The molecule has 3 heterocycles. The quantitative estimate of drug-likeness (QED) is 0.389. The predicted molar refractivity (Wildman–Crippen MR) is 145 cm³/mol. The summed E-state index contributed by atoms with van der Waals surface area (Å²) in [4.78, 5) is 58.2. The zero-order valence-electron chi connectivity index (χ0n) is 20.0. The second kappa shape index (κ2) is 9.16. The van der Waals surface area contributed by atoms with Crippen LogP contribution in [0.5, 0.6) is 0 Å². The molecule has 0 saturated heterocycles. The van der Waals surface area contributed by atoms with Gasteiger partial charge in [0, 0.05) is 16.8 Å². The van der Waals surface area contributed by atoms with E-state index in [4.69, 9.17) is 0 Å². The maximum absolute atomic E-state index is 13.7. The van der Waals surface area contributed by atoms with Gasteiger partial charge in [-0.1, -0.05) is 72.0 Å². The summed E-state index contributed by atoms with van der Waals surface area (Å²) in [5.74, 6) is -0.861. The van der Waals surface area contributed by atoms with E-state index in [1.165, 1.54) is 4.90 Å². The molecule has 9 nitrogen and oxygen atoms in total. The van der Waals surface area contributed by atoms with Crippen molar-refractivity contribution in [2.24, 2.45) is 0 Å². The number of thiazole rings is 1. The van der Waals surface area contributed by atoms with Gasteiger partial charge in [0.05, 0.1) is 11.3 Å². The highest BCUT2D eigenvalue weighted by atomic mass is 32.1. The summed E-state index contributed by atoms with van der Waals surface area (Å²) in [6, 6.07) is 23.1. The van der Waals surface area contributed by atoms with E-state index in [0.29, 0.717) is 22.5 Å². The minimum Gasteiger partial charge on any atom is -0.325 e. The predicted octanol–water partition coefficient (Wildman–Crippen LogP) is 2.39. The number of aryl methyl sites for hydroxylation is 1. The number of anilines is 2. The monoisotopic (exact) mass is 521 g/mol. The van der Waals surface area contributed by atoms with Gasteiger partial charge < -0.3 is 5.32 Å². The Kier molecular flexibility index (Phi) is 5.65. The smallest absolute Gasteiger partial charge is 0.300 e. The number of nitrogens with one attached hydrogen (secondary N) is 1. The molecule has 2 aromatic heterocycles. The lowest BCUT2D eigenvalue weighted by Crippen LogP contribution is -2.37. The normalized spacial score (nSPS) is 14.1. The highest BCUT2D eigenvalue weighted by Gasteiger charge is 2.35. The fraction of sp³-hybridized carbons (Fsp3) is 0.0714. The van der Waals surface area contributed by atoms with Crippen molar-refractivity contribution < 1.29 is 9.59 Å². The van der Waals surface area contributed by atoms with Crippen molar-refractivity contribution in [1.82, 2.24) is 14.6 Å². The first kappa shape index (κ1) is 23.4. The summed E-state index contributed by atoms with van der Waals surface area (Å²) >= 11 is 0.923. The number of hydrogen-bond donors (Lipinski definition) is 1. The maximum atomic E-state index is 13.7. The summed E-state index contributed by atoms with van der Waals surface area (Å²) in [5, 5.41) is 7.09. The van der Waals surface area contributed by atoms with Gasteiger partial charge in [-0.25, -0.2) is 0 Å². The van der Waals surface area contributed by atoms with Gasteiger partial charge in [0.25, 0.3) is 11.5 Å². The number of hydrogen-bond acceptors (Lipinski definition) is 7. The molecule has 2 amide bonds. The molecular formula is C28H19N5O4S. The third kappa shape index (κ3) is 3.97. The van der Waals surface area contributed by atoms with Crippen LogP contribution in [0, 0.1) is 6.92 Å². The Bertz CT molecular complexity index is 1930. The highest BCUT2D eigenvalue weighted by molar-refractivity contribution is 7.15. The largest absolute Gasteiger partial charge is 0.325 e. The second-order valence-corrected chi connectivity index (χ2v) is 9.74. The molecule has 1 N–H and O–H groups in total.